The molecule has 2 aromatic carbocycles. The standard InChI is InChI=1S/C18H19ClN2O4/c1-24-16-8-5-13(19)11-15(16)20-10-9-17(22)21-14-6-3-12(4-7-14)18(23)25-2/h3-8,11,20H,9-10H2,1-2H3,(H,21,22). The number of amides is 1. The molecule has 7 heteroatoms. The third kappa shape index (κ3) is 5.39. The summed E-state index contributed by atoms with van der Waals surface area (Å²) >= 11 is 5.96. The van der Waals surface area contributed by atoms with Crippen molar-refractivity contribution in [1.82, 2.24) is 0 Å². The first-order valence-corrected chi connectivity index (χ1v) is 7.97. The molecule has 2 aromatic rings. The van der Waals surface area contributed by atoms with E-state index in [1.165, 1.54) is 7.11 Å². The molecule has 0 atom stereocenters. The Kier molecular flexibility index (Phi) is 6.65. The minimum atomic E-state index is -0.419. The third-order valence-electron chi connectivity index (χ3n) is 3.42. The lowest BCUT2D eigenvalue weighted by Gasteiger charge is -2.11. The Morgan fingerprint density at radius 1 is 1.08 bits per heavy atom. The maximum atomic E-state index is 12.0. The van der Waals surface area contributed by atoms with E-state index in [9.17, 15) is 9.59 Å². The van der Waals surface area contributed by atoms with Gasteiger partial charge in [-0.25, -0.2) is 4.79 Å². The number of hydrogen-bond donors (Lipinski definition) is 2. The normalized spacial score (nSPS) is 10.0. The molecule has 0 radical (unpaired) electrons. The smallest absolute Gasteiger partial charge is 0.337 e. The van der Waals surface area contributed by atoms with Crippen molar-refractivity contribution >= 4 is 34.9 Å². The Morgan fingerprint density at radius 3 is 2.44 bits per heavy atom. The summed E-state index contributed by atoms with van der Waals surface area (Å²) in [7, 11) is 2.89. The molecule has 6 nitrogen and oxygen atoms in total. The van der Waals surface area contributed by atoms with Gasteiger partial charge < -0.3 is 20.1 Å². The fraction of sp³-hybridized carbons (Fsp3) is 0.222. The van der Waals surface area contributed by atoms with Gasteiger partial charge in [0.15, 0.2) is 0 Å². The van der Waals surface area contributed by atoms with Crippen LogP contribution in [0, 0.1) is 0 Å². The zero-order valence-corrected chi connectivity index (χ0v) is 14.7. The molecule has 0 aromatic heterocycles. The van der Waals surface area contributed by atoms with Crippen molar-refractivity contribution < 1.29 is 19.1 Å². The largest absolute Gasteiger partial charge is 0.495 e. The second-order valence-corrected chi connectivity index (χ2v) is 5.57. The molecule has 0 fully saturated rings. The van der Waals surface area contributed by atoms with Crippen LogP contribution in [0.1, 0.15) is 16.8 Å². The molecular formula is C18H19ClN2O4. The molecule has 0 saturated heterocycles. The van der Waals surface area contributed by atoms with Gasteiger partial charge in [-0.3, -0.25) is 4.79 Å². The Morgan fingerprint density at radius 2 is 1.80 bits per heavy atom. The first kappa shape index (κ1) is 18.6. The fourth-order valence-electron chi connectivity index (χ4n) is 2.16. The van der Waals surface area contributed by atoms with Crippen LogP contribution >= 0.6 is 11.6 Å². The fourth-order valence-corrected chi connectivity index (χ4v) is 2.33. The molecule has 2 N–H and O–H groups in total. The van der Waals surface area contributed by atoms with E-state index < -0.39 is 5.97 Å². The van der Waals surface area contributed by atoms with E-state index in [1.54, 1.807) is 49.6 Å². The van der Waals surface area contributed by atoms with Crippen molar-refractivity contribution in [3.8, 4) is 5.75 Å². The molecule has 0 aliphatic heterocycles. The molecule has 25 heavy (non-hydrogen) atoms. The maximum Gasteiger partial charge on any atom is 0.337 e. The van der Waals surface area contributed by atoms with Crippen LogP contribution in [0.25, 0.3) is 0 Å². The van der Waals surface area contributed by atoms with E-state index in [0.717, 1.165) is 5.69 Å². The molecule has 0 saturated carbocycles. The lowest BCUT2D eigenvalue weighted by atomic mass is 10.2. The topological polar surface area (TPSA) is 76.7 Å². The number of nitrogens with one attached hydrogen (secondary N) is 2. The summed E-state index contributed by atoms with van der Waals surface area (Å²) in [4.78, 5) is 23.4. The van der Waals surface area contributed by atoms with Gasteiger partial charge in [0.05, 0.1) is 25.5 Å². The highest BCUT2D eigenvalue weighted by Crippen LogP contribution is 2.27. The van der Waals surface area contributed by atoms with Gasteiger partial charge in [-0.1, -0.05) is 11.6 Å². The van der Waals surface area contributed by atoms with Crippen LogP contribution < -0.4 is 15.4 Å². The summed E-state index contributed by atoms with van der Waals surface area (Å²) < 4.78 is 9.86. The number of ether oxygens (including phenoxy) is 2. The number of carbonyl (C=O) groups is 2. The monoisotopic (exact) mass is 362 g/mol. The second kappa shape index (κ2) is 8.94. The van der Waals surface area contributed by atoms with Crippen LogP contribution in [0.2, 0.25) is 5.02 Å². The van der Waals surface area contributed by atoms with Gasteiger partial charge in [-0.2, -0.15) is 0 Å². The predicted molar refractivity (Wildman–Crippen MR) is 97.5 cm³/mol. The molecule has 0 unspecified atom stereocenters. The Bertz CT molecular complexity index is 747. The minimum Gasteiger partial charge on any atom is -0.495 e. The van der Waals surface area contributed by atoms with Crippen LogP contribution in [0.5, 0.6) is 5.75 Å². The average Bonchev–Trinajstić information content (AvgIpc) is 2.62. The average molecular weight is 363 g/mol. The molecule has 0 aliphatic rings. The van der Waals surface area contributed by atoms with Gasteiger partial charge in [0.25, 0.3) is 0 Å². The van der Waals surface area contributed by atoms with E-state index in [-0.39, 0.29) is 12.3 Å². The predicted octanol–water partition coefficient (Wildman–Crippen LogP) is 3.58. The van der Waals surface area contributed by atoms with Gasteiger partial charge in [-0.05, 0) is 42.5 Å². The van der Waals surface area contributed by atoms with Crippen molar-refractivity contribution in [2.75, 3.05) is 31.4 Å². The van der Waals surface area contributed by atoms with Crippen molar-refractivity contribution in [3.63, 3.8) is 0 Å². The van der Waals surface area contributed by atoms with Crippen LogP contribution in [0.15, 0.2) is 42.5 Å². The lowest BCUT2D eigenvalue weighted by molar-refractivity contribution is -0.115. The first-order valence-electron chi connectivity index (χ1n) is 7.59. The number of methoxy groups -OCH3 is 2. The SMILES string of the molecule is COC(=O)c1ccc(NC(=O)CCNc2cc(Cl)ccc2OC)cc1. The van der Waals surface area contributed by atoms with Crippen molar-refractivity contribution in [3.05, 3.63) is 53.1 Å². The first-order chi connectivity index (χ1) is 12.0. The lowest BCUT2D eigenvalue weighted by Crippen LogP contribution is -2.16. The number of carbonyl (C=O) groups excluding carboxylic acids is 2. The van der Waals surface area contributed by atoms with Gasteiger partial charge >= 0.3 is 5.97 Å². The van der Waals surface area contributed by atoms with Crippen molar-refractivity contribution in [2.45, 2.75) is 6.42 Å². The van der Waals surface area contributed by atoms with E-state index in [0.29, 0.717) is 28.6 Å². The minimum absolute atomic E-state index is 0.153. The van der Waals surface area contributed by atoms with Gasteiger partial charge in [0.1, 0.15) is 5.75 Å². The molecule has 0 aliphatic carbocycles. The summed E-state index contributed by atoms with van der Waals surface area (Å²) in [6.45, 7) is 0.419. The summed E-state index contributed by atoms with van der Waals surface area (Å²) in [5.41, 5.74) is 1.76. The summed E-state index contributed by atoms with van der Waals surface area (Å²) in [5, 5.41) is 6.47. The number of esters is 1. The number of benzene rings is 2. The highest BCUT2D eigenvalue weighted by molar-refractivity contribution is 6.30. The zero-order chi connectivity index (χ0) is 18.2. The van der Waals surface area contributed by atoms with Gasteiger partial charge in [-0.15, -0.1) is 0 Å². The summed E-state index contributed by atoms with van der Waals surface area (Å²) in [5.74, 6) is 0.0834. The van der Waals surface area contributed by atoms with Crippen LogP contribution in [-0.4, -0.2) is 32.6 Å². The molecule has 0 heterocycles. The van der Waals surface area contributed by atoms with Crippen LogP contribution in [-0.2, 0) is 9.53 Å². The number of hydrogen-bond acceptors (Lipinski definition) is 5. The Labute approximate surface area is 151 Å². The van der Waals surface area contributed by atoms with E-state index in [2.05, 4.69) is 15.4 Å². The van der Waals surface area contributed by atoms with Crippen molar-refractivity contribution in [1.29, 1.82) is 0 Å². The molecule has 0 bridgehead atoms. The Balaban J connectivity index is 1.85. The Hall–Kier alpha value is -2.73. The third-order valence-corrected chi connectivity index (χ3v) is 3.65. The second-order valence-electron chi connectivity index (χ2n) is 5.14. The molecule has 132 valence electrons. The van der Waals surface area contributed by atoms with E-state index in [4.69, 9.17) is 16.3 Å². The van der Waals surface area contributed by atoms with Crippen LogP contribution in [0.3, 0.4) is 0 Å². The quantitative estimate of drug-likeness (QED) is 0.736. The highest BCUT2D eigenvalue weighted by Gasteiger charge is 2.08. The number of halogens is 1. The van der Waals surface area contributed by atoms with Crippen molar-refractivity contribution in [2.24, 2.45) is 0 Å². The number of anilines is 2. The van der Waals surface area contributed by atoms with E-state index in [1.807, 2.05) is 0 Å². The molecular weight excluding hydrogens is 344 g/mol. The van der Waals surface area contributed by atoms with Gasteiger partial charge in [0.2, 0.25) is 5.91 Å². The zero-order valence-electron chi connectivity index (χ0n) is 14.0. The molecule has 1 amide bonds. The van der Waals surface area contributed by atoms with E-state index >= 15 is 0 Å². The van der Waals surface area contributed by atoms with Crippen LogP contribution in [0.4, 0.5) is 11.4 Å². The summed E-state index contributed by atoms with van der Waals surface area (Å²) in [6.07, 6.45) is 0.258. The number of rotatable bonds is 7. The highest BCUT2D eigenvalue weighted by atomic mass is 35.5. The maximum absolute atomic E-state index is 12.0. The molecule has 2 rings (SSSR count). The summed E-state index contributed by atoms with van der Waals surface area (Å²) in [6, 6.07) is 11.7. The van der Waals surface area contributed by atoms with Gasteiger partial charge in [0, 0.05) is 23.7 Å². The molecule has 0 spiro atoms.